The van der Waals surface area contributed by atoms with E-state index in [0.29, 0.717) is 6.04 Å². The van der Waals surface area contributed by atoms with Gasteiger partial charge in [0.15, 0.2) is 0 Å². The number of nitrogens with zero attached hydrogens (tertiary/aromatic N) is 1. The summed E-state index contributed by atoms with van der Waals surface area (Å²) in [5.74, 6) is 0.765. The van der Waals surface area contributed by atoms with Crippen LogP contribution in [0.2, 0.25) is 0 Å². The average molecular weight is 292 g/mol. The zero-order valence-corrected chi connectivity index (χ0v) is 13.6. The molecule has 1 aliphatic rings. The van der Waals surface area contributed by atoms with Gasteiger partial charge in [0.05, 0.1) is 0 Å². The van der Waals surface area contributed by atoms with Crippen LogP contribution in [0.15, 0.2) is 24.3 Å². The second-order valence-corrected chi connectivity index (χ2v) is 6.52. The summed E-state index contributed by atoms with van der Waals surface area (Å²) in [6.07, 6.45) is 3.78. The molecule has 2 nitrogen and oxygen atoms in total. The summed E-state index contributed by atoms with van der Waals surface area (Å²) in [7, 11) is 0. The van der Waals surface area contributed by atoms with Gasteiger partial charge in [-0.2, -0.15) is 0 Å². The summed E-state index contributed by atoms with van der Waals surface area (Å²) < 4.78 is 14.1. The second-order valence-electron chi connectivity index (χ2n) is 6.52. The highest BCUT2D eigenvalue weighted by molar-refractivity contribution is 5.21. The highest BCUT2D eigenvalue weighted by atomic mass is 19.1. The number of nitrogens with one attached hydrogen (secondary N) is 1. The van der Waals surface area contributed by atoms with E-state index in [4.69, 9.17) is 0 Å². The zero-order valence-electron chi connectivity index (χ0n) is 13.6. The van der Waals surface area contributed by atoms with Gasteiger partial charge >= 0.3 is 0 Å². The van der Waals surface area contributed by atoms with Crippen molar-refractivity contribution in [2.75, 3.05) is 19.6 Å². The van der Waals surface area contributed by atoms with Gasteiger partial charge in [-0.15, -0.1) is 0 Å². The average Bonchev–Trinajstić information content (AvgIpc) is 3.27. The molecule has 3 heteroatoms. The first-order valence-corrected chi connectivity index (χ1v) is 8.33. The van der Waals surface area contributed by atoms with E-state index in [1.54, 1.807) is 12.1 Å². The van der Waals surface area contributed by atoms with Gasteiger partial charge in [-0.25, -0.2) is 4.39 Å². The molecule has 1 atom stereocenters. The van der Waals surface area contributed by atoms with Crippen molar-refractivity contribution >= 4 is 0 Å². The lowest BCUT2D eigenvalue weighted by atomic mass is 10.0. The van der Waals surface area contributed by atoms with Crippen LogP contribution in [0.1, 0.15) is 51.6 Å². The Labute approximate surface area is 128 Å². The third kappa shape index (κ3) is 5.08. The maximum atomic E-state index is 14.1. The monoisotopic (exact) mass is 292 g/mol. The molecule has 0 aliphatic heterocycles. The second kappa shape index (κ2) is 7.90. The fourth-order valence-corrected chi connectivity index (χ4v) is 2.71. The Morgan fingerprint density at radius 2 is 2.00 bits per heavy atom. The van der Waals surface area contributed by atoms with Gasteiger partial charge < -0.3 is 5.32 Å². The maximum Gasteiger partial charge on any atom is 0.128 e. The highest BCUT2D eigenvalue weighted by Crippen LogP contribution is 2.31. The molecule has 0 heterocycles. The Hall–Kier alpha value is -0.930. The summed E-state index contributed by atoms with van der Waals surface area (Å²) in [5.41, 5.74) is 0.799. The number of halogens is 1. The molecule has 1 aromatic rings. The van der Waals surface area contributed by atoms with Crippen LogP contribution in [0.25, 0.3) is 0 Å². The molecule has 0 saturated heterocycles. The van der Waals surface area contributed by atoms with Crippen LogP contribution in [-0.2, 0) is 0 Å². The van der Waals surface area contributed by atoms with Crippen molar-refractivity contribution in [3.8, 4) is 0 Å². The number of benzene rings is 1. The van der Waals surface area contributed by atoms with Gasteiger partial charge in [0.25, 0.3) is 0 Å². The van der Waals surface area contributed by atoms with Crippen LogP contribution in [0.5, 0.6) is 0 Å². The fourth-order valence-electron chi connectivity index (χ4n) is 2.71. The van der Waals surface area contributed by atoms with Gasteiger partial charge in [0.1, 0.15) is 5.82 Å². The van der Waals surface area contributed by atoms with Crippen molar-refractivity contribution in [2.24, 2.45) is 5.92 Å². The Balaban J connectivity index is 2.08. The minimum atomic E-state index is -0.0961. The molecule has 1 saturated carbocycles. The van der Waals surface area contributed by atoms with Crippen molar-refractivity contribution in [1.29, 1.82) is 0 Å². The number of hydrogen-bond donors (Lipinski definition) is 1. The van der Waals surface area contributed by atoms with Crippen LogP contribution in [0, 0.1) is 11.7 Å². The predicted octanol–water partition coefficient (Wildman–Crippen LogP) is 3.99. The lowest BCUT2D eigenvalue weighted by molar-refractivity contribution is 0.188. The lowest BCUT2D eigenvalue weighted by Gasteiger charge is -2.31. The Bertz CT molecular complexity index is 429. The highest BCUT2D eigenvalue weighted by Gasteiger charge is 2.27. The minimum absolute atomic E-state index is 0.0762. The topological polar surface area (TPSA) is 15.3 Å². The van der Waals surface area contributed by atoms with Crippen molar-refractivity contribution < 1.29 is 4.39 Å². The Morgan fingerprint density at radius 1 is 1.29 bits per heavy atom. The predicted molar refractivity (Wildman–Crippen MR) is 86.9 cm³/mol. The quantitative estimate of drug-likeness (QED) is 0.740. The Kier molecular flexibility index (Phi) is 6.19. The van der Waals surface area contributed by atoms with E-state index in [1.807, 2.05) is 12.1 Å². The SMILES string of the molecule is CCCNC(CN(CC1CC1)C(C)C)c1ccccc1F. The molecule has 21 heavy (non-hydrogen) atoms. The summed E-state index contributed by atoms with van der Waals surface area (Å²) >= 11 is 0. The molecule has 0 amide bonds. The number of rotatable bonds is 9. The molecule has 0 radical (unpaired) electrons. The maximum absolute atomic E-state index is 14.1. The molecular formula is C18H29FN2. The molecule has 0 spiro atoms. The fraction of sp³-hybridized carbons (Fsp3) is 0.667. The molecular weight excluding hydrogens is 263 g/mol. The van der Waals surface area contributed by atoms with E-state index in [0.717, 1.165) is 37.5 Å². The van der Waals surface area contributed by atoms with E-state index in [1.165, 1.54) is 12.8 Å². The van der Waals surface area contributed by atoms with Gasteiger partial charge in [-0.1, -0.05) is 25.1 Å². The van der Waals surface area contributed by atoms with E-state index in [9.17, 15) is 4.39 Å². The largest absolute Gasteiger partial charge is 0.309 e. The van der Waals surface area contributed by atoms with Gasteiger partial charge in [0, 0.05) is 30.7 Å². The van der Waals surface area contributed by atoms with E-state index < -0.39 is 0 Å². The summed E-state index contributed by atoms with van der Waals surface area (Å²) in [6, 6.07) is 7.75. The minimum Gasteiger partial charge on any atom is -0.309 e. The van der Waals surface area contributed by atoms with Gasteiger partial charge in [-0.3, -0.25) is 4.90 Å². The molecule has 1 unspecified atom stereocenters. The van der Waals surface area contributed by atoms with E-state index in [-0.39, 0.29) is 11.9 Å². The first-order valence-electron chi connectivity index (χ1n) is 8.33. The summed E-state index contributed by atoms with van der Waals surface area (Å²) in [5, 5.41) is 3.52. The Morgan fingerprint density at radius 3 is 2.57 bits per heavy atom. The molecule has 1 aliphatic carbocycles. The molecule has 0 bridgehead atoms. The van der Waals surface area contributed by atoms with Crippen LogP contribution >= 0.6 is 0 Å². The molecule has 1 N–H and O–H groups in total. The van der Waals surface area contributed by atoms with Crippen molar-refractivity contribution in [3.05, 3.63) is 35.6 Å². The standard InChI is InChI=1S/C18H29FN2/c1-4-11-20-18(16-7-5-6-8-17(16)19)13-21(14(2)3)12-15-9-10-15/h5-8,14-15,18,20H,4,9-13H2,1-3H3. The molecule has 118 valence electrons. The summed E-state index contributed by atoms with van der Waals surface area (Å²) in [4.78, 5) is 2.50. The summed E-state index contributed by atoms with van der Waals surface area (Å²) in [6.45, 7) is 9.58. The third-order valence-corrected chi connectivity index (χ3v) is 4.26. The van der Waals surface area contributed by atoms with Crippen molar-refractivity contribution in [2.45, 2.75) is 52.1 Å². The van der Waals surface area contributed by atoms with E-state index in [2.05, 4.69) is 31.0 Å². The number of hydrogen-bond acceptors (Lipinski definition) is 2. The molecule has 1 fully saturated rings. The van der Waals surface area contributed by atoms with Crippen molar-refractivity contribution in [3.63, 3.8) is 0 Å². The first-order chi connectivity index (χ1) is 10.1. The molecule has 1 aromatic carbocycles. The van der Waals surface area contributed by atoms with E-state index >= 15 is 0 Å². The molecule has 2 rings (SSSR count). The van der Waals surface area contributed by atoms with Crippen LogP contribution < -0.4 is 5.32 Å². The van der Waals surface area contributed by atoms with Crippen LogP contribution in [0.4, 0.5) is 4.39 Å². The normalized spacial score (nSPS) is 16.7. The van der Waals surface area contributed by atoms with Crippen LogP contribution in [-0.4, -0.2) is 30.6 Å². The molecule has 0 aromatic heterocycles. The van der Waals surface area contributed by atoms with Crippen molar-refractivity contribution in [1.82, 2.24) is 10.2 Å². The van der Waals surface area contributed by atoms with Crippen LogP contribution in [0.3, 0.4) is 0 Å². The lowest BCUT2D eigenvalue weighted by Crippen LogP contribution is -2.40. The smallest absolute Gasteiger partial charge is 0.128 e. The first kappa shape index (κ1) is 16.4. The third-order valence-electron chi connectivity index (χ3n) is 4.26. The zero-order chi connectivity index (χ0) is 15.2. The van der Waals surface area contributed by atoms with Gasteiger partial charge in [0.2, 0.25) is 0 Å². The van der Waals surface area contributed by atoms with Gasteiger partial charge in [-0.05, 0) is 51.6 Å².